The van der Waals surface area contributed by atoms with Crippen LogP contribution in [0.2, 0.25) is 5.02 Å². The Hall–Kier alpha value is -2.54. The number of halogens is 1. The van der Waals surface area contributed by atoms with Gasteiger partial charge in [0.15, 0.2) is 6.10 Å². The predicted octanol–water partition coefficient (Wildman–Crippen LogP) is 3.17. The van der Waals surface area contributed by atoms with E-state index in [1.807, 2.05) is 0 Å². The summed E-state index contributed by atoms with van der Waals surface area (Å²) in [5.41, 5.74) is 0.863. The lowest BCUT2D eigenvalue weighted by atomic mass is 10.0. The molecular formula is C19H22ClN3O4. The number of carboxylic acids is 1. The normalized spacial score (nSPS) is 16.2. The van der Waals surface area contributed by atoms with E-state index in [-0.39, 0.29) is 17.5 Å². The maximum atomic E-state index is 12.7. The highest BCUT2D eigenvalue weighted by Crippen LogP contribution is 2.26. The number of piperidine rings is 1. The largest absolute Gasteiger partial charge is 0.481 e. The summed E-state index contributed by atoms with van der Waals surface area (Å²) in [4.78, 5) is 25.6. The minimum atomic E-state index is -0.974. The van der Waals surface area contributed by atoms with Crippen LogP contribution in [-0.2, 0) is 4.79 Å². The van der Waals surface area contributed by atoms with E-state index in [1.165, 1.54) is 6.20 Å². The number of carboxylic acid groups (broad SMARTS) is 1. The lowest BCUT2D eigenvalue weighted by Gasteiger charge is -2.34. The van der Waals surface area contributed by atoms with E-state index in [4.69, 9.17) is 21.4 Å². The van der Waals surface area contributed by atoms with Crippen molar-refractivity contribution < 1.29 is 19.4 Å². The molecule has 0 spiro atoms. The first-order chi connectivity index (χ1) is 12.9. The predicted molar refractivity (Wildman–Crippen MR) is 100 cm³/mol. The van der Waals surface area contributed by atoms with Crippen LogP contribution in [0, 0.1) is 6.92 Å². The van der Waals surface area contributed by atoms with Crippen LogP contribution >= 0.6 is 11.6 Å². The van der Waals surface area contributed by atoms with Crippen LogP contribution in [0.3, 0.4) is 0 Å². The summed E-state index contributed by atoms with van der Waals surface area (Å²) in [6.45, 7) is 4.64. The number of benzene rings is 1. The zero-order valence-electron chi connectivity index (χ0n) is 15.3. The van der Waals surface area contributed by atoms with Crippen molar-refractivity contribution in [2.45, 2.75) is 38.8 Å². The quantitative estimate of drug-likeness (QED) is 0.846. The molecule has 0 radical (unpaired) electrons. The fraction of sp³-hybridized carbons (Fsp3) is 0.421. The van der Waals surface area contributed by atoms with Crippen molar-refractivity contribution in [3.8, 4) is 5.75 Å². The summed E-state index contributed by atoms with van der Waals surface area (Å²) < 4.78 is 7.47. The minimum absolute atomic E-state index is 0.0724. The monoisotopic (exact) mass is 391 g/mol. The highest BCUT2D eigenvalue weighted by molar-refractivity contribution is 6.30. The second-order valence-corrected chi connectivity index (χ2v) is 7.10. The average Bonchev–Trinajstić information content (AvgIpc) is 3.03. The van der Waals surface area contributed by atoms with Crippen LogP contribution in [0.25, 0.3) is 0 Å². The van der Waals surface area contributed by atoms with Gasteiger partial charge in [-0.2, -0.15) is 5.10 Å². The molecule has 1 unspecified atom stereocenters. The van der Waals surface area contributed by atoms with Gasteiger partial charge >= 0.3 is 5.97 Å². The first kappa shape index (κ1) is 19.2. The van der Waals surface area contributed by atoms with Gasteiger partial charge in [0.1, 0.15) is 11.3 Å². The second kappa shape index (κ2) is 8.00. The first-order valence-electron chi connectivity index (χ1n) is 8.85. The standard InChI is InChI=1S/C19H22ClN3O4/c1-12-17(19(25)26)11-21-23(12)15-6-8-22(9-7-15)18(24)13(2)27-16-5-3-4-14(20)10-16/h3-5,10-11,13,15H,6-9H2,1-2H3,(H,25,26). The molecule has 0 bridgehead atoms. The van der Waals surface area contributed by atoms with Crippen LogP contribution in [0.1, 0.15) is 41.9 Å². The summed E-state index contributed by atoms with van der Waals surface area (Å²) >= 11 is 5.94. The number of carbonyl (C=O) groups excluding carboxylic acids is 1. The molecule has 1 fully saturated rings. The zero-order valence-corrected chi connectivity index (χ0v) is 16.0. The summed E-state index contributed by atoms with van der Waals surface area (Å²) in [6.07, 6.45) is 2.22. The van der Waals surface area contributed by atoms with Gasteiger partial charge in [0, 0.05) is 18.1 Å². The molecule has 1 aliphatic heterocycles. The smallest absolute Gasteiger partial charge is 0.339 e. The van der Waals surface area contributed by atoms with E-state index in [0.29, 0.717) is 29.6 Å². The zero-order chi connectivity index (χ0) is 19.6. The van der Waals surface area contributed by atoms with E-state index in [1.54, 1.807) is 47.7 Å². The molecule has 1 N–H and O–H groups in total. The Morgan fingerprint density at radius 3 is 2.63 bits per heavy atom. The fourth-order valence-corrected chi connectivity index (χ4v) is 3.56. The van der Waals surface area contributed by atoms with E-state index < -0.39 is 12.1 Å². The van der Waals surface area contributed by atoms with Crippen LogP contribution in [0.4, 0.5) is 0 Å². The lowest BCUT2D eigenvalue weighted by Crippen LogP contribution is -2.45. The van der Waals surface area contributed by atoms with Crippen molar-refractivity contribution in [1.82, 2.24) is 14.7 Å². The molecule has 2 aromatic rings. The van der Waals surface area contributed by atoms with Crippen LogP contribution in [0.5, 0.6) is 5.75 Å². The molecule has 1 saturated heterocycles. The highest BCUT2D eigenvalue weighted by Gasteiger charge is 2.29. The Bertz CT molecular complexity index is 843. The Morgan fingerprint density at radius 2 is 2.04 bits per heavy atom. The van der Waals surface area contributed by atoms with Gasteiger partial charge in [-0.05, 0) is 44.9 Å². The van der Waals surface area contributed by atoms with Gasteiger partial charge in [-0.1, -0.05) is 17.7 Å². The van der Waals surface area contributed by atoms with Gasteiger partial charge in [-0.3, -0.25) is 9.48 Å². The first-order valence-corrected chi connectivity index (χ1v) is 9.23. The maximum Gasteiger partial charge on any atom is 0.339 e. The van der Waals surface area contributed by atoms with E-state index in [0.717, 1.165) is 12.8 Å². The van der Waals surface area contributed by atoms with Gasteiger partial charge in [-0.25, -0.2) is 4.79 Å². The SMILES string of the molecule is Cc1c(C(=O)O)cnn1C1CCN(C(=O)C(C)Oc2cccc(Cl)c2)CC1. The molecule has 1 atom stereocenters. The summed E-state index contributed by atoms with van der Waals surface area (Å²) in [6, 6.07) is 7.06. The third kappa shape index (κ3) is 4.24. The Kier molecular flexibility index (Phi) is 5.70. The average molecular weight is 392 g/mol. The van der Waals surface area contributed by atoms with Gasteiger partial charge < -0.3 is 14.7 Å². The highest BCUT2D eigenvalue weighted by atomic mass is 35.5. The van der Waals surface area contributed by atoms with Gasteiger partial charge in [0.05, 0.1) is 17.9 Å². The number of nitrogens with zero attached hydrogens (tertiary/aromatic N) is 3. The fourth-order valence-electron chi connectivity index (χ4n) is 3.38. The number of amides is 1. The number of hydrogen-bond donors (Lipinski definition) is 1. The molecule has 0 aliphatic carbocycles. The Balaban J connectivity index is 1.58. The third-order valence-corrected chi connectivity index (χ3v) is 5.09. The van der Waals surface area contributed by atoms with Gasteiger partial charge in [-0.15, -0.1) is 0 Å². The molecule has 7 nitrogen and oxygen atoms in total. The number of aromatic carboxylic acids is 1. The molecule has 8 heteroatoms. The molecule has 27 heavy (non-hydrogen) atoms. The minimum Gasteiger partial charge on any atom is -0.481 e. The lowest BCUT2D eigenvalue weighted by molar-refractivity contribution is -0.139. The van der Waals surface area contributed by atoms with E-state index in [2.05, 4.69) is 5.10 Å². The maximum absolute atomic E-state index is 12.7. The van der Waals surface area contributed by atoms with E-state index in [9.17, 15) is 9.59 Å². The molecule has 1 aromatic carbocycles. The number of carbonyl (C=O) groups is 2. The number of hydrogen-bond acceptors (Lipinski definition) is 4. The topological polar surface area (TPSA) is 84.7 Å². The molecule has 1 amide bonds. The van der Waals surface area contributed by atoms with Crippen LogP contribution in [0.15, 0.2) is 30.5 Å². The summed E-state index contributed by atoms with van der Waals surface area (Å²) in [5, 5.41) is 13.9. The molecule has 144 valence electrons. The number of aromatic nitrogens is 2. The van der Waals surface area contributed by atoms with Crippen LogP contribution < -0.4 is 4.74 Å². The third-order valence-electron chi connectivity index (χ3n) is 4.85. The van der Waals surface area contributed by atoms with Gasteiger partial charge in [0.25, 0.3) is 5.91 Å². The summed E-state index contributed by atoms with van der Waals surface area (Å²) in [7, 11) is 0. The molecule has 1 aromatic heterocycles. The molecule has 1 aliphatic rings. The van der Waals surface area contributed by atoms with Crippen molar-refractivity contribution in [1.29, 1.82) is 0 Å². The van der Waals surface area contributed by atoms with Crippen molar-refractivity contribution in [2.75, 3.05) is 13.1 Å². The summed E-state index contributed by atoms with van der Waals surface area (Å²) in [5.74, 6) is -0.484. The number of likely N-dealkylation sites (tertiary alicyclic amines) is 1. The molecule has 0 saturated carbocycles. The molecule has 3 rings (SSSR count). The van der Waals surface area contributed by atoms with Crippen molar-refractivity contribution in [3.05, 3.63) is 46.7 Å². The Morgan fingerprint density at radius 1 is 1.33 bits per heavy atom. The molecule has 2 heterocycles. The van der Waals surface area contributed by atoms with Crippen molar-refractivity contribution >= 4 is 23.5 Å². The van der Waals surface area contributed by atoms with Crippen LogP contribution in [-0.4, -0.2) is 50.9 Å². The van der Waals surface area contributed by atoms with E-state index >= 15 is 0 Å². The van der Waals surface area contributed by atoms with Crippen molar-refractivity contribution in [2.24, 2.45) is 0 Å². The Labute approximate surface area is 162 Å². The molecular weight excluding hydrogens is 370 g/mol. The van der Waals surface area contributed by atoms with Crippen molar-refractivity contribution in [3.63, 3.8) is 0 Å². The van der Waals surface area contributed by atoms with Gasteiger partial charge in [0.2, 0.25) is 0 Å². The number of ether oxygens (including phenoxy) is 1. The second-order valence-electron chi connectivity index (χ2n) is 6.67. The number of rotatable bonds is 5.